The molecule has 0 bridgehead atoms. The van der Waals surface area contributed by atoms with E-state index in [9.17, 15) is 26.7 Å². The summed E-state index contributed by atoms with van der Waals surface area (Å²) in [7, 11) is 0. The van der Waals surface area contributed by atoms with Gasteiger partial charge in [0.2, 0.25) is 0 Å². The van der Waals surface area contributed by atoms with Gasteiger partial charge in [0.15, 0.2) is 0 Å². The highest BCUT2D eigenvalue weighted by Crippen LogP contribution is 2.26. The zero-order valence-corrected chi connectivity index (χ0v) is 10.2. The quantitative estimate of drug-likeness (QED) is 0.792. The fraction of sp³-hybridized carbons (Fsp3) is 0.364. The van der Waals surface area contributed by atoms with E-state index < -0.39 is 37.5 Å². The zero-order chi connectivity index (χ0) is 16.0. The van der Waals surface area contributed by atoms with Crippen LogP contribution < -0.4 is 10.1 Å². The van der Waals surface area contributed by atoms with Crippen molar-refractivity contribution in [2.24, 2.45) is 0 Å². The highest BCUT2D eigenvalue weighted by molar-refractivity contribution is 5.65. The third-order valence-corrected chi connectivity index (χ3v) is 2.18. The molecule has 1 aromatic rings. The molecule has 0 aromatic heterocycles. The Morgan fingerprint density at radius 2 is 2.00 bits per heavy atom. The van der Waals surface area contributed by atoms with Crippen molar-refractivity contribution in [3.05, 3.63) is 29.8 Å². The Bertz CT molecular complexity index is 480. The van der Waals surface area contributed by atoms with E-state index in [0.29, 0.717) is 0 Å². The first-order valence-electron chi connectivity index (χ1n) is 5.42. The molecule has 1 rings (SSSR count). The summed E-state index contributed by atoms with van der Waals surface area (Å²) < 4.78 is 67.8. The molecule has 2 N–H and O–H groups in total. The Balaban J connectivity index is 2.90. The number of nitrogens with one attached hydrogen (secondary N) is 1. The Morgan fingerprint density at radius 3 is 2.52 bits per heavy atom. The lowest BCUT2D eigenvalue weighted by Gasteiger charge is -2.18. The first kappa shape index (κ1) is 17.0. The van der Waals surface area contributed by atoms with Gasteiger partial charge in [-0.25, -0.2) is 4.79 Å². The summed E-state index contributed by atoms with van der Waals surface area (Å²) in [4.78, 5) is 10.6. The fourth-order valence-electron chi connectivity index (χ4n) is 1.47. The van der Waals surface area contributed by atoms with E-state index in [4.69, 9.17) is 5.11 Å². The third-order valence-electron chi connectivity index (χ3n) is 2.18. The molecule has 0 heterocycles. The lowest BCUT2D eigenvalue weighted by atomic mass is 10.1. The minimum atomic E-state index is -4.92. The smallest absolute Gasteiger partial charge is 0.465 e. The molecular weight excluding hydrogens is 305 g/mol. The third kappa shape index (κ3) is 6.75. The molecule has 21 heavy (non-hydrogen) atoms. The van der Waals surface area contributed by atoms with Gasteiger partial charge in [-0.15, -0.1) is 13.2 Å². The predicted octanol–water partition coefficient (Wildman–Crippen LogP) is 3.13. The lowest BCUT2D eigenvalue weighted by molar-refractivity contribution is -0.274. The van der Waals surface area contributed by atoms with Gasteiger partial charge in [-0.1, -0.05) is 12.1 Å². The van der Waals surface area contributed by atoms with Crippen LogP contribution in [0.3, 0.4) is 0 Å². The number of amides is 1. The summed E-state index contributed by atoms with van der Waals surface area (Å²) in [6.45, 7) is -3.89. The number of carboxylic acid groups (broad SMARTS) is 1. The number of hydrogen-bond acceptors (Lipinski definition) is 3. The number of alkyl halides is 5. The molecule has 0 unspecified atom stereocenters. The van der Waals surface area contributed by atoms with Gasteiger partial charge in [-0.3, -0.25) is 0 Å². The maximum atomic E-state index is 12.1. The molecular formula is C11H10F5NO4. The number of rotatable bonds is 6. The molecule has 5 nitrogen and oxygen atoms in total. The average Bonchev–Trinajstić information content (AvgIpc) is 2.32. The Labute approximate surface area is 115 Å². The van der Waals surface area contributed by atoms with Gasteiger partial charge in [0.1, 0.15) is 5.75 Å². The molecule has 1 amide bonds. The number of carbonyl (C=O) groups is 1. The van der Waals surface area contributed by atoms with Crippen LogP contribution in [-0.4, -0.2) is 30.8 Å². The normalized spacial score (nSPS) is 13.0. The van der Waals surface area contributed by atoms with E-state index in [2.05, 4.69) is 9.47 Å². The van der Waals surface area contributed by atoms with Crippen molar-refractivity contribution in [3.63, 3.8) is 0 Å². The van der Waals surface area contributed by atoms with Gasteiger partial charge >= 0.3 is 19.1 Å². The van der Waals surface area contributed by atoms with E-state index in [-0.39, 0.29) is 5.56 Å². The van der Waals surface area contributed by atoms with Crippen LogP contribution in [0.25, 0.3) is 0 Å². The summed E-state index contributed by atoms with van der Waals surface area (Å²) in [5, 5.41) is 10.5. The van der Waals surface area contributed by atoms with Crippen molar-refractivity contribution >= 4 is 6.09 Å². The minimum absolute atomic E-state index is 0.0141. The van der Waals surface area contributed by atoms with Crippen LogP contribution in [0.4, 0.5) is 26.7 Å². The van der Waals surface area contributed by atoms with Crippen LogP contribution in [-0.2, 0) is 4.74 Å². The molecule has 0 saturated heterocycles. The maximum absolute atomic E-state index is 12.1. The van der Waals surface area contributed by atoms with Crippen LogP contribution in [0.15, 0.2) is 24.3 Å². The second-order valence-electron chi connectivity index (χ2n) is 3.72. The maximum Gasteiger partial charge on any atom is 0.573 e. The monoisotopic (exact) mass is 315 g/mol. The summed E-state index contributed by atoms with van der Waals surface area (Å²) >= 11 is 0. The number of halogens is 5. The topological polar surface area (TPSA) is 67.8 Å². The van der Waals surface area contributed by atoms with Gasteiger partial charge in [0, 0.05) is 0 Å². The Hall–Kier alpha value is -2.10. The molecule has 0 aliphatic heterocycles. The van der Waals surface area contributed by atoms with Gasteiger partial charge in [-0.05, 0) is 17.7 Å². The fourth-order valence-corrected chi connectivity index (χ4v) is 1.47. The first-order valence-corrected chi connectivity index (χ1v) is 5.42. The standard InChI is InChI=1S/C11H10F5NO4/c12-9(13)20-5-8(17-10(18)19)6-2-1-3-7(4-6)21-11(14,15)16/h1-4,8-9,17H,5H2,(H,18,19)/t8-/m0/s1. The lowest BCUT2D eigenvalue weighted by Crippen LogP contribution is -2.30. The first-order chi connectivity index (χ1) is 9.67. The van der Waals surface area contributed by atoms with E-state index in [1.54, 1.807) is 0 Å². The van der Waals surface area contributed by atoms with E-state index in [1.807, 2.05) is 5.32 Å². The molecule has 0 spiro atoms. The SMILES string of the molecule is O=C(O)N[C@@H](COC(F)F)c1cccc(OC(F)(F)F)c1. The Kier molecular flexibility index (Phi) is 5.70. The molecule has 1 atom stereocenters. The van der Waals surface area contributed by atoms with Crippen LogP contribution >= 0.6 is 0 Å². The van der Waals surface area contributed by atoms with Crippen molar-refractivity contribution < 1.29 is 41.3 Å². The van der Waals surface area contributed by atoms with Gasteiger partial charge in [0.05, 0.1) is 12.6 Å². The van der Waals surface area contributed by atoms with Gasteiger partial charge in [0.25, 0.3) is 0 Å². The van der Waals surface area contributed by atoms with Gasteiger partial charge in [-0.2, -0.15) is 8.78 Å². The van der Waals surface area contributed by atoms with Crippen molar-refractivity contribution in [2.75, 3.05) is 6.61 Å². The zero-order valence-electron chi connectivity index (χ0n) is 10.2. The van der Waals surface area contributed by atoms with E-state index in [0.717, 1.165) is 18.2 Å². The summed E-state index contributed by atoms with van der Waals surface area (Å²) in [6.07, 6.45) is -6.46. The minimum Gasteiger partial charge on any atom is -0.465 e. The summed E-state index contributed by atoms with van der Waals surface area (Å²) in [5.41, 5.74) is -0.0141. The van der Waals surface area contributed by atoms with Crippen molar-refractivity contribution in [3.8, 4) is 5.75 Å². The summed E-state index contributed by atoms with van der Waals surface area (Å²) in [5.74, 6) is -0.603. The number of ether oxygens (including phenoxy) is 2. The van der Waals surface area contributed by atoms with E-state index >= 15 is 0 Å². The molecule has 1 aromatic carbocycles. The van der Waals surface area contributed by atoms with E-state index in [1.165, 1.54) is 6.07 Å². The number of hydrogen-bond donors (Lipinski definition) is 2. The second-order valence-corrected chi connectivity index (χ2v) is 3.72. The molecule has 0 aliphatic carbocycles. The molecule has 0 fully saturated rings. The van der Waals surface area contributed by atoms with Crippen LogP contribution in [0.2, 0.25) is 0 Å². The Morgan fingerprint density at radius 1 is 1.33 bits per heavy atom. The largest absolute Gasteiger partial charge is 0.573 e. The van der Waals surface area contributed by atoms with Crippen LogP contribution in [0.1, 0.15) is 11.6 Å². The highest BCUT2D eigenvalue weighted by atomic mass is 19.4. The van der Waals surface area contributed by atoms with Crippen molar-refractivity contribution in [1.29, 1.82) is 0 Å². The van der Waals surface area contributed by atoms with Crippen LogP contribution in [0, 0.1) is 0 Å². The molecule has 118 valence electrons. The highest BCUT2D eigenvalue weighted by Gasteiger charge is 2.31. The molecule has 0 saturated carbocycles. The molecule has 0 radical (unpaired) electrons. The molecule has 10 heteroatoms. The van der Waals surface area contributed by atoms with Crippen LogP contribution in [0.5, 0.6) is 5.75 Å². The second kappa shape index (κ2) is 7.07. The number of benzene rings is 1. The molecule has 0 aliphatic rings. The average molecular weight is 315 g/mol. The summed E-state index contributed by atoms with van der Waals surface area (Å²) in [6, 6.07) is 3.01. The van der Waals surface area contributed by atoms with Gasteiger partial charge < -0.3 is 19.9 Å². The predicted molar refractivity (Wildman–Crippen MR) is 59.0 cm³/mol. The van der Waals surface area contributed by atoms with Crippen molar-refractivity contribution in [2.45, 2.75) is 19.0 Å². The van der Waals surface area contributed by atoms with Crippen molar-refractivity contribution in [1.82, 2.24) is 5.32 Å².